The van der Waals surface area contributed by atoms with Crippen LogP contribution in [0.1, 0.15) is 50.0 Å². The molecule has 3 aromatic heterocycles. The van der Waals surface area contributed by atoms with E-state index in [4.69, 9.17) is 28.3 Å². The highest BCUT2D eigenvalue weighted by atomic mass is 35.5. The molecule has 1 atom stereocenters. The summed E-state index contributed by atoms with van der Waals surface area (Å²) in [6.07, 6.45) is -1.51. The third kappa shape index (κ3) is 6.63. The molecule has 0 aliphatic rings. The predicted molar refractivity (Wildman–Crippen MR) is 124 cm³/mol. The molecule has 0 aromatic carbocycles. The number of carbonyl (C=O) groups excluding carboxylic acids is 2. The van der Waals surface area contributed by atoms with E-state index >= 15 is 0 Å². The number of pyridine rings is 1. The van der Waals surface area contributed by atoms with Crippen LogP contribution < -0.4 is 10.6 Å². The van der Waals surface area contributed by atoms with Gasteiger partial charge in [-0.1, -0.05) is 30.1 Å². The second kappa shape index (κ2) is 11.2. The Labute approximate surface area is 210 Å². The largest absolute Gasteiger partial charge is 0.418 e. The highest BCUT2D eigenvalue weighted by Gasteiger charge is 2.34. The molecule has 35 heavy (non-hydrogen) atoms. The van der Waals surface area contributed by atoms with Crippen LogP contribution >= 0.6 is 34.5 Å². The average molecular weight is 549 g/mol. The smallest absolute Gasteiger partial charge is 0.395 e. The lowest BCUT2D eigenvalue weighted by Gasteiger charge is -2.11. The molecule has 0 aliphatic carbocycles. The van der Waals surface area contributed by atoms with Gasteiger partial charge in [-0.2, -0.15) is 13.2 Å². The predicted octanol–water partition coefficient (Wildman–Crippen LogP) is 4.69. The number of nitrogens with one attached hydrogen (secondary N) is 2. The molecule has 3 rings (SSSR count). The van der Waals surface area contributed by atoms with E-state index in [2.05, 4.69) is 30.6 Å². The van der Waals surface area contributed by atoms with Crippen molar-refractivity contribution in [3.63, 3.8) is 0 Å². The van der Waals surface area contributed by atoms with Crippen molar-refractivity contribution in [2.75, 3.05) is 23.8 Å². The second-order valence-corrected chi connectivity index (χ2v) is 8.98. The number of amides is 1. The molecule has 0 bridgehead atoms. The number of nitrogens with zero attached hydrogens (tertiary/aromatic N) is 4. The molecule has 0 fully saturated rings. The van der Waals surface area contributed by atoms with Gasteiger partial charge in [-0.25, -0.2) is 19.9 Å². The van der Waals surface area contributed by atoms with Crippen molar-refractivity contribution in [2.45, 2.75) is 25.4 Å². The second-order valence-electron chi connectivity index (χ2n) is 7.13. The molecule has 0 saturated heterocycles. The highest BCUT2D eigenvalue weighted by Crippen LogP contribution is 2.35. The zero-order chi connectivity index (χ0) is 25.8. The first-order valence-corrected chi connectivity index (χ1v) is 11.5. The number of hydrogen-bond donors (Lipinski definition) is 3. The standard InChI is InChI=1S/C20H17Cl2F3N6O3S/c1-9(4-12(33)16-15(22)17(26-2-3-32)30-8-29-16)19-28-7-13(35-19)18(34)31-14-5-10(20(23,24)25)11(21)6-27-14/h5-9,32H,2-4H2,1H3,(H,26,29,30)(H,27,31,34). The number of aromatic nitrogens is 4. The monoisotopic (exact) mass is 548 g/mol. The minimum atomic E-state index is -4.71. The number of ketones is 1. The first-order chi connectivity index (χ1) is 16.5. The number of Topliss-reactive ketones (excluding diaryl/α,β-unsaturated/α-hetero) is 1. The zero-order valence-corrected chi connectivity index (χ0v) is 20.2. The highest BCUT2D eigenvalue weighted by molar-refractivity contribution is 7.13. The maximum Gasteiger partial charge on any atom is 0.418 e. The number of hydrogen-bond acceptors (Lipinski definition) is 9. The Morgan fingerprint density at radius 3 is 2.60 bits per heavy atom. The average Bonchev–Trinajstić information content (AvgIpc) is 3.29. The van der Waals surface area contributed by atoms with E-state index in [-0.39, 0.29) is 52.6 Å². The van der Waals surface area contributed by atoms with E-state index in [1.165, 1.54) is 12.5 Å². The summed E-state index contributed by atoms with van der Waals surface area (Å²) in [6.45, 7) is 1.75. The number of halogens is 5. The third-order valence-electron chi connectivity index (χ3n) is 4.52. The summed E-state index contributed by atoms with van der Waals surface area (Å²) in [4.78, 5) is 41.0. The Morgan fingerprint density at radius 1 is 1.17 bits per heavy atom. The molecule has 15 heteroatoms. The van der Waals surface area contributed by atoms with Gasteiger partial charge >= 0.3 is 6.18 Å². The van der Waals surface area contributed by atoms with E-state index < -0.39 is 28.6 Å². The van der Waals surface area contributed by atoms with Gasteiger partial charge in [0, 0.05) is 25.1 Å². The van der Waals surface area contributed by atoms with E-state index in [1.807, 2.05) is 0 Å². The van der Waals surface area contributed by atoms with Crippen LogP contribution in [0.4, 0.5) is 24.8 Å². The third-order valence-corrected chi connectivity index (χ3v) is 6.41. The molecule has 0 saturated carbocycles. The Morgan fingerprint density at radius 2 is 1.91 bits per heavy atom. The van der Waals surface area contributed by atoms with Crippen LogP contribution in [0, 0.1) is 0 Å². The van der Waals surface area contributed by atoms with Crippen molar-refractivity contribution < 1.29 is 27.9 Å². The van der Waals surface area contributed by atoms with Crippen molar-refractivity contribution >= 4 is 57.9 Å². The fourth-order valence-corrected chi connectivity index (χ4v) is 4.19. The number of aliphatic hydroxyl groups is 1. The summed E-state index contributed by atoms with van der Waals surface area (Å²) in [5.74, 6) is -1.63. The first-order valence-electron chi connectivity index (χ1n) is 9.89. The summed E-state index contributed by atoms with van der Waals surface area (Å²) in [5.41, 5.74) is -1.13. The molecule has 0 aliphatic heterocycles. The van der Waals surface area contributed by atoms with Crippen LogP contribution in [-0.2, 0) is 6.18 Å². The Balaban J connectivity index is 1.69. The molecule has 9 nitrogen and oxygen atoms in total. The van der Waals surface area contributed by atoms with E-state index in [9.17, 15) is 22.8 Å². The lowest BCUT2D eigenvalue weighted by molar-refractivity contribution is -0.137. The van der Waals surface area contributed by atoms with Gasteiger partial charge in [0.2, 0.25) is 0 Å². The van der Waals surface area contributed by atoms with E-state index in [0.29, 0.717) is 11.1 Å². The number of anilines is 2. The summed E-state index contributed by atoms with van der Waals surface area (Å²) in [5, 5.41) is 13.9. The SMILES string of the molecule is CC(CC(=O)c1ncnc(NCCO)c1Cl)c1ncc(C(=O)Nc2cc(C(F)(F)F)c(Cl)cn2)s1. The first kappa shape index (κ1) is 26.7. The Bertz CT molecular complexity index is 1240. The summed E-state index contributed by atoms with van der Waals surface area (Å²) in [7, 11) is 0. The van der Waals surface area contributed by atoms with Gasteiger partial charge in [-0.3, -0.25) is 9.59 Å². The van der Waals surface area contributed by atoms with Gasteiger partial charge in [0.1, 0.15) is 33.6 Å². The van der Waals surface area contributed by atoms with Crippen LogP contribution in [-0.4, -0.2) is 49.9 Å². The normalized spacial score (nSPS) is 12.3. The van der Waals surface area contributed by atoms with Gasteiger partial charge < -0.3 is 15.7 Å². The number of alkyl halides is 3. The maximum absolute atomic E-state index is 13.0. The fourth-order valence-electron chi connectivity index (χ4n) is 2.85. The summed E-state index contributed by atoms with van der Waals surface area (Å²) in [6, 6.07) is 0.638. The molecule has 0 radical (unpaired) electrons. The van der Waals surface area contributed by atoms with Crippen LogP contribution in [0.25, 0.3) is 0 Å². The molecule has 1 amide bonds. The van der Waals surface area contributed by atoms with Crippen LogP contribution in [0.5, 0.6) is 0 Å². The van der Waals surface area contributed by atoms with Gasteiger partial charge in [-0.15, -0.1) is 11.3 Å². The molecular formula is C20H17Cl2F3N6O3S. The summed E-state index contributed by atoms with van der Waals surface area (Å²) < 4.78 is 39.1. The van der Waals surface area contributed by atoms with Gasteiger partial charge in [0.05, 0.1) is 28.4 Å². The van der Waals surface area contributed by atoms with Crippen LogP contribution in [0.2, 0.25) is 10.0 Å². The van der Waals surface area contributed by atoms with Crippen molar-refractivity contribution in [1.82, 2.24) is 19.9 Å². The Kier molecular flexibility index (Phi) is 8.59. The zero-order valence-electron chi connectivity index (χ0n) is 17.9. The fraction of sp³-hybridized carbons (Fsp3) is 0.300. The minimum absolute atomic E-state index is 0.00207. The van der Waals surface area contributed by atoms with Crippen LogP contribution in [0.3, 0.4) is 0 Å². The summed E-state index contributed by atoms with van der Waals surface area (Å²) >= 11 is 12.7. The molecule has 186 valence electrons. The number of thiazole rings is 1. The lowest BCUT2D eigenvalue weighted by Crippen LogP contribution is -2.13. The molecule has 3 aromatic rings. The Hall–Kier alpha value is -2.87. The van der Waals surface area contributed by atoms with E-state index in [1.54, 1.807) is 6.92 Å². The van der Waals surface area contributed by atoms with Crippen molar-refractivity contribution in [3.05, 3.63) is 56.0 Å². The molecular weight excluding hydrogens is 532 g/mol. The molecule has 3 heterocycles. The number of carbonyl (C=O) groups is 2. The van der Waals surface area contributed by atoms with Gasteiger partial charge in [0.25, 0.3) is 5.91 Å². The van der Waals surface area contributed by atoms with Gasteiger partial charge in [0.15, 0.2) is 5.78 Å². The molecule has 0 spiro atoms. The van der Waals surface area contributed by atoms with Crippen molar-refractivity contribution in [1.29, 1.82) is 0 Å². The molecule has 1 unspecified atom stereocenters. The van der Waals surface area contributed by atoms with E-state index in [0.717, 1.165) is 17.5 Å². The molecule has 3 N–H and O–H groups in total. The number of rotatable bonds is 9. The van der Waals surface area contributed by atoms with Crippen LogP contribution in [0.15, 0.2) is 24.8 Å². The minimum Gasteiger partial charge on any atom is -0.395 e. The van der Waals surface area contributed by atoms with Gasteiger partial charge in [-0.05, 0) is 6.07 Å². The lowest BCUT2D eigenvalue weighted by atomic mass is 10.0. The van der Waals surface area contributed by atoms with Crippen molar-refractivity contribution in [3.8, 4) is 0 Å². The maximum atomic E-state index is 13.0. The van der Waals surface area contributed by atoms with Crippen molar-refractivity contribution in [2.24, 2.45) is 0 Å². The topological polar surface area (TPSA) is 130 Å². The number of aliphatic hydroxyl groups excluding tert-OH is 1. The quantitative estimate of drug-likeness (QED) is 0.328.